The molecule has 0 saturated heterocycles. The van der Waals surface area contributed by atoms with Crippen molar-refractivity contribution in [1.82, 2.24) is 5.32 Å². The molecule has 0 bridgehead atoms. The van der Waals surface area contributed by atoms with Crippen LogP contribution in [0.3, 0.4) is 0 Å². The van der Waals surface area contributed by atoms with Crippen LogP contribution in [0.4, 0.5) is 0 Å². The van der Waals surface area contributed by atoms with Crippen LogP contribution in [-0.2, 0) is 4.74 Å². The molecule has 0 aromatic rings. The van der Waals surface area contributed by atoms with Crippen LogP contribution in [0.25, 0.3) is 0 Å². The van der Waals surface area contributed by atoms with Crippen molar-refractivity contribution in [2.24, 2.45) is 5.41 Å². The summed E-state index contributed by atoms with van der Waals surface area (Å²) in [7, 11) is 0. The summed E-state index contributed by atoms with van der Waals surface area (Å²) in [6, 6.07) is 0. The summed E-state index contributed by atoms with van der Waals surface area (Å²) in [4.78, 5) is 0. The third kappa shape index (κ3) is 7.24. The van der Waals surface area contributed by atoms with E-state index in [-0.39, 0.29) is 0 Å². The number of ether oxygens (including phenoxy) is 1. The number of rotatable bonds is 6. The molecule has 0 spiro atoms. The summed E-state index contributed by atoms with van der Waals surface area (Å²) in [5.41, 5.74) is 0.442. The summed E-state index contributed by atoms with van der Waals surface area (Å²) in [5, 5.41) is 3.46. The van der Waals surface area contributed by atoms with Crippen LogP contribution in [0.5, 0.6) is 0 Å². The zero-order valence-electron chi connectivity index (χ0n) is 11.3. The van der Waals surface area contributed by atoms with Crippen LogP contribution >= 0.6 is 0 Å². The van der Waals surface area contributed by atoms with E-state index in [4.69, 9.17) is 4.74 Å². The second-order valence-corrected chi connectivity index (χ2v) is 6.19. The van der Waals surface area contributed by atoms with Gasteiger partial charge < -0.3 is 10.1 Å². The van der Waals surface area contributed by atoms with Crippen molar-refractivity contribution >= 4 is 0 Å². The van der Waals surface area contributed by atoms with Crippen molar-refractivity contribution in [2.45, 2.75) is 65.4 Å². The second kappa shape index (κ2) is 7.29. The third-order valence-electron chi connectivity index (χ3n) is 3.24. The fourth-order valence-electron chi connectivity index (χ4n) is 2.12. The van der Waals surface area contributed by atoms with Gasteiger partial charge in [-0.1, -0.05) is 40.0 Å². The molecule has 1 aliphatic carbocycles. The Morgan fingerprint density at radius 1 is 1.06 bits per heavy atom. The molecule has 1 rings (SSSR count). The van der Waals surface area contributed by atoms with Gasteiger partial charge in [-0.15, -0.1) is 0 Å². The van der Waals surface area contributed by atoms with Crippen molar-refractivity contribution in [3.05, 3.63) is 0 Å². The fourth-order valence-corrected chi connectivity index (χ4v) is 2.12. The topological polar surface area (TPSA) is 21.3 Å². The maximum absolute atomic E-state index is 5.85. The predicted octanol–water partition coefficient (Wildman–Crippen LogP) is 3.36. The largest absolute Gasteiger partial charge is 0.377 e. The van der Waals surface area contributed by atoms with Crippen LogP contribution < -0.4 is 5.32 Å². The Labute approximate surface area is 101 Å². The zero-order valence-corrected chi connectivity index (χ0v) is 11.3. The van der Waals surface area contributed by atoms with Gasteiger partial charge in [-0.05, 0) is 31.2 Å². The highest BCUT2D eigenvalue weighted by atomic mass is 16.5. The van der Waals surface area contributed by atoms with E-state index < -0.39 is 0 Å². The quantitative estimate of drug-likeness (QED) is 0.703. The van der Waals surface area contributed by atoms with Gasteiger partial charge in [0.25, 0.3) is 0 Å². The van der Waals surface area contributed by atoms with Gasteiger partial charge in [0.15, 0.2) is 0 Å². The predicted molar refractivity (Wildman–Crippen MR) is 69.8 cm³/mol. The van der Waals surface area contributed by atoms with Crippen molar-refractivity contribution in [1.29, 1.82) is 0 Å². The Morgan fingerprint density at radius 3 is 2.38 bits per heavy atom. The van der Waals surface area contributed by atoms with Crippen LogP contribution in [-0.4, -0.2) is 25.8 Å². The SMILES string of the molecule is CC(C)(C)CCNCCOC1CCCCC1. The summed E-state index contributed by atoms with van der Waals surface area (Å²) < 4.78 is 5.85. The van der Waals surface area contributed by atoms with E-state index in [1.165, 1.54) is 38.5 Å². The molecule has 0 aromatic carbocycles. The molecule has 0 heterocycles. The highest BCUT2D eigenvalue weighted by molar-refractivity contribution is 4.66. The fraction of sp³-hybridized carbons (Fsp3) is 1.00. The van der Waals surface area contributed by atoms with Crippen LogP contribution in [0.2, 0.25) is 0 Å². The zero-order chi connectivity index (χ0) is 11.9. The molecule has 2 nitrogen and oxygen atoms in total. The molecule has 0 amide bonds. The average Bonchev–Trinajstić information content (AvgIpc) is 2.23. The Bertz CT molecular complexity index is 168. The molecule has 16 heavy (non-hydrogen) atoms. The maximum Gasteiger partial charge on any atom is 0.0594 e. The molecule has 1 saturated carbocycles. The Morgan fingerprint density at radius 2 is 1.75 bits per heavy atom. The van der Waals surface area contributed by atoms with Gasteiger partial charge in [0.05, 0.1) is 12.7 Å². The van der Waals surface area contributed by atoms with Crippen molar-refractivity contribution in [3.63, 3.8) is 0 Å². The van der Waals surface area contributed by atoms with E-state index in [9.17, 15) is 0 Å². The van der Waals surface area contributed by atoms with Gasteiger partial charge in [-0.2, -0.15) is 0 Å². The molecular formula is C14H29NO. The van der Waals surface area contributed by atoms with E-state index >= 15 is 0 Å². The van der Waals surface area contributed by atoms with Crippen molar-refractivity contribution in [2.75, 3.05) is 19.7 Å². The van der Waals surface area contributed by atoms with E-state index in [1.54, 1.807) is 0 Å². The summed E-state index contributed by atoms with van der Waals surface area (Å²) in [5.74, 6) is 0. The third-order valence-corrected chi connectivity index (χ3v) is 3.24. The molecule has 1 aliphatic rings. The average molecular weight is 227 g/mol. The molecule has 0 unspecified atom stereocenters. The highest BCUT2D eigenvalue weighted by Crippen LogP contribution is 2.20. The van der Waals surface area contributed by atoms with Gasteiger partial charge in [-0.3, -0.25) is 0 Å². The first kappa shape index (κ1) is 14.0. The number of nitrogens with one attached hydrogen (secondary N) is 1. The first-order chi connectivity index (χ1) is 7.58. The summed E-state index contributed by atoms with van der Waals surface area (Å²) in [6.45, 7) is 9.85. The van der Waals surface area contributed by atoms with Gasteiger partial charge in [0.2, 0.25) is 0 Å². The minimum atomic E-state index is 0.442. The molecule has 0 atom stereocenters. The molecule has 96 valence electrons. The van der Waals surface area contributed by atoms with Gasteiger partial charge >= 0.3 is 0 Å². The lowest BCUT2D eigenvalue weighted by Crippen LogP contribution is -2.27. The summed E-state index contributed by atoms with van der Waals surface area (Å²) in [6.07, 6.45) is 8.48. The lowest BCUT2D eigenvalue weighted by atomic mass is 9.92. The van der Waals surface area contributed by atoms with Crippen LogP contribution in [0.1, 0.15) is 59.3 Å². The van der Waals surface area contributed by atoms with Gasteiger partial charge in [0, 0.05) is 6.54 Å². The molecular weight excluding hydrogens is 198 g/mol. The molecule has 0 aromatic heterocycles. The normalized spacial score (nSPS) is 18.9. The van der Waals surface area contributed by atoms with Gasteiger partial charge in [-0.25, -0.2) is 0 Å². The van der Waals surface area contributed by atoms with E-state index in [0.29, 0.717) is 11.5 Å². The van der Waals surface area contributed by atoms with Crippen molar-refractivity contribution < 1.29 is 4.74 Å². The molecule has 0 aliphatic heterocycles. The number of hydrogen-bond donors (Lipinski definition) is 1. The highest BCUT2D eigenvalue weighted by Gasteiger charge is 2.13. The number of hydrogen-bond acceptors (Lipinski definition) is 2. The lowest BCUT2D eigenvalue weighted by Gasteiger charge is -2.22. The second-order valence-electron chi connectivity index (χ2n) is 6.19. The first-order valence-electron chi connectivity index (χ1n) is 6.90. The minimum Gasteiger partial charge on any atom is -0.377 e. The van der Waals surface area contributed by atoms with E-state index in [1.807, 2.05) is 0 Å². The molecule has 1 fully saturated rings. The standard InChI is InChI=1S/C14H29NO/c1-14(2,3)9-10-15-11-12-16-13-7-5-4-6-8-13/h13,15H,4-12H2,1-3H3. The first-order valence-corrected chi connectivity index (χ1v) is 6.90. The maximum atomic E-state index is 5.85. The summed E-state index contributed by atoms with van der Waals surface area (Å²) >= 11 is 0. The smallest absolute Gasteiger partial charge is 0.0594 e. The Kier molecular flexibility index (Phi) is 6.37. The van der Waals surface area contributed by atoms with Crippen LogP contribution in [0.15, 0.2) is 0 Å². The van der Waals surface area contributed by atoms with E-state index in [2.05, 4.69) is 26.1 Å². The monoisotopic (exact) mass is 227 g/mol. The molecule has 2 heteroatoms. The van der Waals surface area contributed by atoms with Crippen LogP contribution in [0, 0.1) is 5.41 Å². The minimum absolute atomic E-state index is 0.442. The lowest BCUT2D eigenvalue weighted by molar-refractivity contribution is 0.0302. The van der Waals surface area contributed by atoms with E-state index in [0.717, 1.165) is 19.7 Å². The Balaban J connectivity index is 1.87. The van der Waals surface area contributed by atoms with Gasteiger partial charge in [0.1, 0.15) is 0 Å². The Hall–Kier alpha value is -0.0800. The molecule has 1 N–H and O–H groups in total. The molecule has 0 radical (unpaired) electrons. The van der Waals surface area contributed by atoms with Crippen molar-refractivity contribution in [3.8, 4) is 0 Å².